The molecule has 0 aromatic carbocycles. The van der Waals surface area contributed by atoms with Crippen LogP contribution in [0.3, 0.4) is 0 Å². The summed E-state index contributed by atoms with van der Waals surface area (Å²) in [7, 11) is 0. The van der Waals surface area contributed by atoms with Crippen molar-refractivity contribution in [3.63, 3.8) is 0 Å². The lowest BCUT2D eigenvalue weighted by Crippen LogP contribution is -2.26. The highest BCUT2D eigenvalue weighted by atomic mass is 14.9. The number of nitrogens with one attached hydrogen (secondary N) is 1. The van der Waals surface area contributed by atoms with E-state index < -0.39 is 0 Å². The molecule has 1 heterocycles. The molecule has 0 fully saturated rings. The van der Waals surface area contributed by atoms with E-state index in [0.29, 0.717) is 12.0 Å². The summed E-state index contributed by atoms with van der Waals surface area (Å²) in [5.41, 5.74) is 3.60. The minimum absolute atomic E-state index is 0.454. The lowest BCUT2D eigenvalue weighted by Gasteiger charge is -2.24. The van der Waals surface area contributed by atoms with Crippen LogP contribution >= 0.6 is 0 Å². The number of aryl methyl sites for hydroxylation is 2. The predicted octanol–water partition coefficient (Wildman–Crippen LogP) is 3.40. The molecule has 0 saturated carbocycles. The summed E-state index contributed by atoms with van der Waals surface area (Å²) >= 11 is 0. The van der Waals surface area contributed by atoms with Crippen LogP contribution in [0, 0.1) is 19.8 Å². The molecule has 16 heavy (non-hydrogen) atoms. The maximum atomic E-state index is 4.43. The smallest absolute Gasteiger partial charge is 0.0379 e. The van der Waals surface area contributed by atoms with Gasteiger partial charge in [-0.3, -0.25) is 4.98 Å². The zero-order valence-corrected chi connectivity index (χ0v) is 11.2. The highest BCUT2D eigenvalue weighted by molar-refractivity contribution is 5.24. The molecule has 2 atom stereocenters. The fraction of sp³-hybridized carbons (Fsp3) is 0.643. The lowest BCUT2D eigenvalue weighted by atomic mass is 9.92. The summed E-state index contributed by atoms with van der Waals surface area (Å²) in [6.45, 7) is 11.9. The Morgan fingerprint density at radius 2 is 1.75 bits per heavy atom. The standard InChI is InChI=1S/C14H24N2/c1-6-10(3)14(15-7-2)13-8-11(4)16-12(5)9-13/h8-10,14-15H,6-7H2,1-5H3. The first-order valence-corrected chi connectivity index (χ1v) is 6.27. The molecule has 1 aromatic heterocycles. The molecule has 0 aliphatic heterocycles. The van der Waals surface area contributed by atoms with Crippen LogP contribution in [0.4, 0.5) is 0 Å². The third kappa shape index (κ3) is 3.31. The number of rotatable bonds is 5. The van der Waals surface area contributed by atoms with Crippen molar-refractivity contribution in [2.75, 3.05) is 6.54 Å². The Bertz CT molecular complexity index is 313. The first-order chi connectivity index (χ1) is 7.58. The van der Waals surface area contributed by atoms with Crippen molar-refractivity contribution in [1.29, 1.82) is 0 Å². The highest BCUT2D eigenvalue weighted by Crippen LogP contribution is 2.25. The van der Waals surface area contributed by atoms with Crippen LogP contribution in [-0.4, -0.2) is 11.5 Å². The van der Waals surface area contributed by atoms with Crippen LogP contribution in [0.1, 0.15) is 50.2 Å². The van der Waals surface area contributed by atoms with Crippen molar-refractivity contribution in [1.82, 2.24) is 10.3 Å². The zero-order chi connectivity index (χ0) is 12.1. The summed E-state index contributed by atoms with van der Waals surface area (Å²) < 4.78 is 0. The molecular weight excluding hydrogens is 196 g/mol. The Balaban J connectivity index is 3.00. The number of nitrogens with zero attached hydrogens (tertiary/aromatic N) is 1. The van der Waals surface area contributed by atoms with Crippen LogP contribution in [0.5, 0.6) is 0 Å². The van der Waals surface area contributed by atoms with Crippen molar-refractivity contribution in [3.05, 3.63) is 29.1 Å². The highest BCUT2D eigenvalue weighted by Gasteiger charge is 2.17. The van der Waals surface area contributed by atoms with Crippen molar-refractivity contribution in [2.45, 2.75) is 47.1 Å². The molecule has 90 valence electrons. The molecule has 1 N–H and O–H groups in total. The number of aromatic nitrogens is 1. The Labute approximate surface area is 99.5 Å². The van der Waals surface area contributed by atoms with E-state index in [0.717, 1.165) is 17.9 Å². The maximum absolute atomic E-state index is 4.43. The largest absolute Gasteiger partial charge is 0.310 e. The van der Waals surface area contributed by atoms with Gasteiger partial charge in [0.15, 0.2) is 0 Å². The average molecular weight is 220 g/mol. The second kappa shape index (κ2) is 6.00. The summed E-state index contributed by atoms with van der Waals surface area (Å²) in [4.78, 5) is 4.43. The summed E-state index contributed by atoms with van der Waals surface area (Å²) in [6.07, 6.45) is 1.19. The van der Waals surface area contributed by atoms with E-state index in [1.54, 1.807) is 0 Å². The van der Waals surface area contributed by atoms with E-state index in [4.69, 9.17) is 0 Å². The Kier molecular flexibility index (Phi) is 4.94. The fourth-order valence-corrected chi connectivity index (χ4v) is 2.15. The molecule has 0 bridgehead atoms. The number of pyridine rings is 1. The summed E-state index contributed by atoms with van der Waals surface area (Å²) in [6, 6.07) is 4.86. The van der Waals surface area contributed by atoms with Gasteiger partial charge in [0, 0.05) is 17.4 Å². The van der Waals surface area contributed by atoms with Gasteiger partial charge < -0.3 is 5.32 Å². The van der Waals surface area contributed by atoms with Gasteiger partial charge >= 0.3 is 0 Å². The third-order valence-electron chi connectivity index (χ3n) is 3.10. The molecule has 1 aromatic rings. The van der Waals surface area contributed by atoms with Gasteiger partial charge in [-0.1, -0.05) is 27.2 Å². The van der Waals surface area contributed by atoms with E-state index >= 15 is 0 Å². The monoisotopic (exact) mass is 220 g/mol. The van der Waals surface area contributed by atoms with Gasteiger partial charge in [-0.15, -0.1) is 0 Å². The molecule has 0 radical (unpaired) electrons. The predicted molar refractivity (Wildman–Crippen MR) is 69.6 cm³/mol. The molecule has 0 amide bonds. The van der Waals surface area contributed by atoms with Crippen molar-refractivity contribution >= 4 is 0 Å². The SMILES string of the molecule is CCNC(c1cc(C)nc(C)c1)C(C)CC. The summed E-state index contributed by atoms with van der Waals surface area (Å²) in [5.74, 6) is 0.654. The van der Waals surface area contributed by atoms with E-state index in [1.165, 1.54) is 12.0 Å². The van der Waals surface area contributed by atoms with Gasteiger partial charge in [0.1, 0.15) is 0 Å². The molecule has 0 saturated heterocycles. The molecular formula is C14H24N2. The molecule has 2 unspecified atom stereocenters. The van der Waals surface area contributed by atoms with Crippen LogP contribution < -0.4 is 5.32 Å². The fourth-order valence-electron chi connectivity index (χ4n) is 2.15. The van der Waals surface area contributed by atoms with E-state index in [1.807, 2.05) is 0 Å². The topological polar surface area (TPSA) is 24.9 Å². The average Bonchev–Trinajstić information content (AvgIpc) is 2.23. The number of hydrogen-bond acceptors (Lipinski definition) is 2. The molecule has 2 nitrogen and oxygen atoms in total. The quantitative estimate of drug-likeness (QED) is 0.822. The molecule has 0 aliphatic carbocycles. The van der Waals surface area contributed by atoms with Crippen LogP contribution in [0.15, 0.2) is 12.1 Å². The first kappa shape index (κ1) is 13.2. The second-order valence-electron chi connectivity index (χ2n) is 4.60. The van der Waals surface area contributed by atoms with Gasteiger partial charge in [-0.05, 0) is 44.0 Å². The van der Waals surface area contributed by atoms with Gasteiger partial charge in [-0.25, -0.2) is 0 Å². The van der Waals surface area contributed by atoms with Gasteiger partial charge in [0.05, 0.1) is 0 Å². The third-order valence-corrected chi connectivity index (χ3v) is 3.10. The summed E-state index contributed by atoms with van der Waals surface area (Å²) in [5, 5.41) is 3.58. The van der Waals surface area contributed by atoms with Crippen LogP contribution in [-0.2, 0) is 0 Å². The minimum Gasteiger partial charge on any atom is -0.310 e. The van der Waals surface area contributed by atoms with Crippen molar-refractivity contribution in [2.24, 2.45) is 5.92 Å². The van der Waals surface area contributed by atoms with Gasteiger partial charge in [0.25, 0.3) is 0 Å². The van der Waals surface area contributed by atoms with Crippen LogP contribution in [0.25, 0.3) is 0 Å². The van der Waals surface area contributed by atoms with Crippen molar-refractivity contribution < 1.29 is 0 Å². The van der Waals surface area contributed by atoms with E-state index in [9.17, 15) is 0 Å². The minimum atomic E-state index is 0.454. The Hall–Kier alpha value is -0.890. The zero-order valence-electron chi connectivity index (χ0n) is 11.2. The molecule has 1 rings (SSSR count). The Morgan fingerprint density at radius 1 is 1.19 bits per heavy atom. The Morgan fingerprint density at radius 3 is 2.19 bits per heavy atom. The van der Waals surface area contributed by atoms with Gasteiger partial charge in [-0.2, -0.15) is 0 Å². The lowest BCUT2D eigenvalue weighted by molar-refractivity contribution is 0.383. The molecule has 0 aliphatic rings. The van der Waals surface area contributed by atoms with Crippen LogP contribution in [0.2, 0.25) is 0 Å². The second-order valence-corrected chi connectivity index (χ2v) is 4.60. The molecule has 0 spiro atoms. The van der Waals surface area contributed by atoms with E-state index in [2.05, 4.69) is 57.1 Å². The molecule has 2 heteroatoms. The van der Waals surface area contributed by atoms with E-state index in [-0.39, 0.29) is 0 Å². The maximum Gasteiger partial charge on any atom is 0.0379 e. The van der Waals surface area contributed by atoms with Crippen molar-refractivity contribution in [3.8, 4) is 0 Å². The normalized spacial score (nSPS) is 14.8. The first-order valence-electron chi connectivity index (χ1n) is 6.27. The number of hydrogen-bond donors (Lipinski definition) is 1. The van der Waals surface area contributed by atoms with Gasteiger partial charge in [0.2, 0.25) is 0 Å².